The van der Waals surface area contributed by atoms with E-state index in [4.69, 9.17) is 0 Å². The molecule has 0 spiro atoms. The van der Waals surface area contributed by atoms with Crippen LogP contribution in [0.4, 0.5) is 0 Å². The van der Waals surface area contributed by atoms with Crippen LogP contribution in [0.2, 0.25) is 0 Å². The van der Waals surface area contributed by atoms with E-state index < -0.39 is 0 Å². The molecule has 7 heavy (non-hydrogen) atoms. The molecule has 0 aromatic rings. The summed E-state index contributed by atoms with van der Waals surface area (Å²) in [5.74, 6) is 1.63. The number of hydrogen-bond acceptors (Lipinski definition) is 0. The van der Waals surface area contributed by atoms with Gasteiger partial charge in [-0.15, -0.1) is 0 Å². The molecule has 0 aromatic heterocycles. The Bertz CT molecular complexity index is 68.1. The molecule has 1 radical (unpaired) electrons. The summed E-state index contributed by atoms with van der Waals surface area (Å²) in [7, 11) is 0. The van der Waals surface area contributed by atoms with Crippen LogP contribution in [0.15, 0.2) is 12.2 Å². The Morgan fingerprint density at radius 2 is 2.29 bits per heavy atom. The van der Waals surface area contributed by atoms with Crippen molar-refractivity contribution in [3.05, 3.63) is 18.1 Å². The largest absolute Gasteiger partial charge is 0.0882 e. The average molecular weight is 95.2 g/mol. The van der Waals surface area contributed by atoms with Crippen molar-refractivity contribution in [2.24, 2.45) is 0 Å². The molecule has 1 rings (SSSR count). The van der Waals surface area contributed by atoms with E-state index in [-0.39, 0.29) is 0 Å². The van der Waals surface area contributed by atoms with Crippen LogP contribution in [0, 0.1) is 5.92 Å². The normalized spacial score (nSPS) is 21.3. The Kier molecular flexibility index (Phi) is 1.50. The van der Waals surface area contributed by atoms with Crippen LogP contribution < -0.4 is 0 Å². The predicted octanol–water partition coefficient (Wildman–Crippen LogP) is 2.32. The summed E-state index contributed by atoms with van der Waals surface area (Å²) in [6, 6.07) is 0. The Morgan fingerprint density at radius 3 is 2.71 bits per heavy atom. The Balaban J connectivity index is 2.05. The molecule has 0 heteroatoms. The molecule has 1 aliphatic carbocycles. The van der Waals surface area contributed by atoms with E-state index >= 15 is 0 Å². The highest BCUT2D eigenvalue weighted by Gasteiger charge is 2.17. The highest BCUT2D eigenvalue weighted by molar-refractivity contribution is 5.20. The van der Waals surface area contributed by atoms with Crippen molar-refractivity contribution < 1.29 is 0 Å². The minimum Gasteiger partial charge on any atom is -0.0882 e. The third-order valence-electron chi connectivity index (χ3n) is 1.13. The summed E-state index contributed by atoms with van der Waals surface area (Å²) < 4.78 is 0. The first kappa shape index (κ1) is 4.89. The molecule has 0 aromatic carbocycles. The van der Waals surface area contributed by atoms with E-state index in [2.05, 4.69) is 19.1 Å². The molecule has 0 unspecified atom stereocenters. The summed E-state index contributed by atoms with van der Waals surface area (Å²) in [5, 5.41) is 0. The second-order valence-corrected chi connectivity index (χ2v) is 1.97. The zero-order valence-corrected chi connectivity index (χ0v) is 4.78. The smallest absolute Gasteiger partial charge is 0.00267 e. The van der Waals surface area contributed by atoms with Gasteiger partial charge in [0, 0.05) is 0 Å². The van der Waals surface area contributed by atoms with E-state index in [9.17, 15) is 0 Å². The molecule has 0 bridgehead atoms. The fraction of sp³-hybridized carbons (Fsp3) is 0.571. The quantitative estimate of drug-likeness (QED) is 0.493. The van der Waals surface area contributed by atoms with Gasteiger partial charge >= 0.3 is 0 Å². The van der Waals surface area contributed by atoms with Gasteiger partial charge in [-0.05, 0) is 25.2 Å². The molecule has 0 N–H and O–H groups in total. The Hall–Kier alpha value is -0.260. The van der Waals surface area contributed by atoms with Crippen LogP contribution >= 0.6 is 0 Å². The molecule has 0 atom stereocenters. The van der Waals surface area contributed by atoms with E-state index in [1.807, 2.05) is 0 Å². The van der Waals surface area contributed by atoms with Gasteiger partial charge in [0.2, 0.25) is 0 Å². The third-order valence-corrected chi connectivity index (χ3v) is 1.13. The molecule has 0 amide bonds. The van der Waals surface area contributed by atoms with Gasteiger partial charge < -0.3 is 0 Å². The van der Waals surface area contributed by atoms with E-state index in [0.717, 1.165) is 0 Å². The summed E-state index contributed by atoms with van der Waals surface area (Å²) in [6.07, 6.45) is 8.37. The maximum absolute atomic E-state index is 2.25. The van der Waals surface area contributed by atoms with Gasteiger partial charge in [0.15, 0.2) is 0 Å². The highest BCUT2D eigenvalue weighted by Crippen LogP contribution is 2.32. The van der Waals surface area contributed by atoms with Crippen molar-refractivity contribution in [2.75, 3.05) is 0 Å². The standard InChI is InChI=1S/C7H11/c1-2-3-4-7-5-6-7/h3-4H,2,5-6H2,1H3. The molecular formula is C7H11. The topological polar surface area (TPSA) is 0 Å². The van der Waals surface area contributed by atoms with Crippen molar-refractivity contribution in [3.8, 4) is 0 Å². The summed E-state index contributed by atoms with van der Waals surface area (Å²) >= 11 is 0. The van der Waals surface area contributed by atoms with Gasteiger partial charge in [0.1, 0.15) is 0 Å². The zero-order valence-electron chi connectivity index (χ0n) is 4.78. The lowest BCUT2D eigenvalue weighted by Crippen LogP contribution is -1.56. The monoisotopic (exact) mass is 95.1 g/mol. The molecule has 0 heterocycles. The first-order chi connectivity index (χ1) is 3.43. The maximum atomic E-state index is 2.25. The first-order valence-corrected chi connectivity index (χ1v) is 2.94. The maximum Gasteiger partial charge on any atom is -0.00267 e. The predicted molar refractivity (Wildman–Crippen MR) is 31.9 cm³/mol. The summed E-state index contributed by atoms with van der Waals surface area (Å²) in [4.78, 5) is 0. The van der Waals surface area contributed by atoms with Crippen molar-refractivity contribution in [2.45, 2.75) is 26.2 Å². The van der Waals surface area contributed by atoms with Crippen LogP contribution in [-0.2, 0) is 0 Å². The Labute approximate surface area is 45.2 Å². The molecule has 0 nitrogen and oxygen atoms in total. The van der Waals surface area contributed by atoms with Gasteiger partial charge in [-0.1, -0.05) is 19.1 Å². The lowest BCUT2D eigenvalue weighted by Gasteiger charge is -1.74. The van der Waals surface area contributed by atoms with Gasteiger partial charge in [-0.2, -0.15) is 0 Å². The van der Waals surface area contributed by atoms with Crippen molar-refractivity contribution >= 4 is 0 Å². The highest BCUT2D eigenvalue weighted by atomic mass is 14.2. The molecule has 1 aliphatic rings. The molecule has 1 saturated carbocycles. The van der Waals surface area contributed by atoms with Crippen LogP contribution in [0.3, 0.4) is 0 Å². The number of allylic oxidation sites excluding steroid dienone is 2. The lowest BCUT2D eigenvalue weighted by molar-refractivity contribution is 1.21. The average Bonchev–Trinajstić information content (AvgIpc) is 2.42. The van der Waals surface area contributed by atoms with Crippen LogP contribution in [-0.4, -0.2) is 0 Å². The second-order valence-electron chi connectivity index (χ2n) is 1.97. The molecule has 39 valence electrons. The van der Waals surface area contributed by atoms with Gasteiger partial charge in [-0.25, -0.2) is 0 Å². The van der Waals surface area contributed by atoms with Gasteiger partial charge in [-0.3, -0.25) is 0 Å². The van der Waals surface area contributed by atoms with E-state index in [1.54, 1.807) is 5.92 Å². The van der Waals surface area contributed by atoms with Crippen molar-refractivity contribution in [1.29, 1.82) is 0 Å². The van der Waals surface area contributed by atoms with Crippen LogP contribution in [0.5, 0.6) is 0 Å². The molecular weight excluding hydrogens is 84.1 g/mol. The SMILES string of the molecule is CCC=C[C]1CC1. The number of hydrogen-bond donors (Lipinski definition) is 0. The summed E-state index contributed by atoms with van der Waals surface area (Å²) in [6.45, 7) is 2.17. The minimum absolute atomic E-state index is 1.18. The van der Waals surface area contributed by atoms with Crippen LogP contribution in [0.25, 0.3) is 0 Å². The number of rotatable bonds is 2. The Morgan fingerprint density at radius 1 is 1.57 bits per heavy atom. The lowest BCUT2D eigenvalue weighted by atomic mass is 10.3. The first-order valence-electron chi connectivity index (χ1n) is 2.94. The van der Waals surface area contributed by atoms with Crippen molar-refractivity contribution in [3.63, 3.8) is 0 Å². The van der Waals surface area contributed by atoms with Gasteiger partial charge in [0.05, 0.1) is 0 Å². The second kappa shape index (κ2) is 2.15. The third kappa shape index (κ3) is 1.77. The van der Waals surface area contributed by atoms with E-state index in [0.29, 0.717) is 0 Å². The van der Waals surface area contributed by atoms with Gasteiger partial charge in [0.25, 0.3) is 0 Å². The molecule has 0 saturated heterocycles. The zero-order chi connectivity index (χ0) is 5.11. The fourth-order valence-corrected chi connectivity index (χ4v) is 0.523. The fourth-order valence-electron chi connectivity index (χ4n) is 0.523. The van der Waals surface area contributed by atoms with Crippen molar-refractivity contribution in [1.82, 2.24) is 0 Å². The van der Waals surface area contributed by atoms with E-state index in [1.165, 1.54) is 19.3 Å². The minimum atomic E-state index is 1.18. The van der Waals surface area contributed by atoms with Crippen LogP contribution in [0.1, 0.15) is 26.2 Å². The molecule has 0 aliphatic heterocycles. The molecule has 1 fully saturated rings. The summed E-state index contributed by atoms with van der Waals surface area (Å²) in [5.41, 5.74) is 0.